The van der Waals surface area contributed by atoms with Gasteiger partial charge in [0.05, 0.1) is 11.4 Å². The van der Waals surface area contributed by atoms with Gasteiger partial charge in [-0.2, -0.15) is 0 Å². The quantitative estimate of drug-likeness (QED) is 0.638. The van der Waals surface area contributed by atoms with Crippen LogP contribution < -0.4 is 20.9 Å². The smallest absolute Gasteiger partial charge is 0.320 e. The van der Waals surface area contributed by atoms with E-state index in [9.17, 15) is 9.59 Å². The molecule has 30 heavy (non-hydrogen) atoms. The number of nitrogens with zero attached hydrogens (tertiary/aromatic N) is 3. The van der Waals surface area contributed by atoms with Gasteiger partial charge in [-0.1, -0.05) is 11.6 Å². The molecular weight excluding hydrogens is 380 g/mol. The van der Waals surface area contributed by atoms with Gasteiger partial charge in [-0.25, -0.2) is 14.8 Å². The molecule has 3 amide bonds. The van der Waals surface area contributed by atoms with Gasteiger partial charge in [0.1, 0.15) is 11.5 Å². The molecule has 0 spiro atoms. The zero-order valence-electron chi connectivity index (χ0n) is 17.7. The lowest BCUT2D eigenvalue weighted by molar-refractivity contribution is 0.0958. The van der Waals surface area contributed by atoms with Crippen molar-refractivity contribution < 1.29 is 9.59 Å². The molecule has 1 aliphatic heterocycles. The van der Waals surface area contributed by atoms with E-state index in [1.807, 2.05) is 32.0 Å². The Hall–Kier alpha value is -3.42. The summed E-state index contributed by atoms with van der Waals surface area (Å²) in [6.45, 7) is 6.06. The highest BCUT2D eigenvalue weighted by Crippen LogP contribution is 2.24. The molecule has 0 atom stereocenters. The van der Waals surface area contributed by atoms with E-state index in [1.165, 1.54) is 5.57 Å². The fourth-order valence-corrected chi connectivity index (χ4v) is 3.47. The van der Waals surface area contributed by atoms with Crippen molar-refractivity contribution in [2.45, 2.75) is 26.7 Å². The highest BCUT2D eigenvalue weighted by molar-refractivity contribution is 5.92. The number of carbonyl (C=O) groups excluding carboxylic acids is 2. The number of hydrogen-bond donors (Lipinski definition) is 3. The van der Waals surface area contributed by atoms with Crippen LogP contribution in [0, 0.1) is 6.92 Å². The maximum Gasteiger partial charge on any atom is 0.320 e. The zero-order valence-corrected chi connectivity index (χ0v) is 17.7. The average Bonchev–Trinajstić information content (AvgIpc) is 2.74. The molecule has 0 radical (unpaired) electrons. The Balaban J connectivity index is 1.63. The van der Waals surface area contributed by atoms with Gasteiger partial charge in [0, 0.05) is 32.9 Å². The number of pyridine rings is 2. The van der Waals surface area contributed by atoms with Crippen LogP contribution in [0.15, 0.2) is 42.1 Å². The summed E-state index contributed by atoms with van der Waals surface area (Å²) in [5, 5.41) is 8.05. The van der Waals surface area contributed by atoms with Crippen LogP contribution >= 0.6 is 0 Å². The Morgan fingerprint density at radius 2 is 2.07 bits per heavy atom. The third-order valence-electron chi connectivity index (χ3n) is 5.00. The van der Waals surface area contributed by atoms with Gasteiger partial charge in [0.25, 0.3) is 5.91 Å². The maximum absolute atomic E-state index is 11.8. The Morgan fingerprint density at radius 3 is 2.73 bits per heavy atom. The van der Waals surface area contributed by atoms with Gasteiger partial charge in [-0.05, 0) is 56.5 Å². The summed E-state index contributed by atoms with van der Waals surface area (Å²) < 4.78 is 0. The number of aromatic nitrogens is 2. The normalized spacial score (nSPS) is 13.4. The van der Waals surface area contributed by atoms with Crippen LogP contribution in [0.3, 0.4) is 0 Å². The number of anilines is 2. The molecule has 0 aromatic carbocycles. The Morgan fingerprint density at radius 1 is 1.23 bits per heavy atom. The second-order valence-electron chi connectivity index (χ2n) is 7.15. The van der Waals surface area contributed by atoms with Crippen molar-refractivity contribution in [3.8, 4) is 0 Å². The van der Waals surface area contributed by atoms with Crippen molar-refractivity contribution in [3.63, 3.8) is 0 Å². The molecule has 2 aromatic rings. The first-order valence-corrected chi connectivity index (χ1v) is 10.1. The maximum atomic E-state index is 11.8. The molecule has 2 aromatic heterocycles. The van der Waals surface area contributed by atoms with Gasteiger partial charge < -0.3 is 15.5 Å². The SMILES string of the molecule is CCNC(=O)Nc1cc(CC2=CCN(c3ccc(C(=O)NC)nc3C)CC2)ccn1. The van der Waals surface area contributed by atoms with Crippen LogP contribution in [0.4, 0.5) is 16.3 Å². The Kier molecular flexibility index (Phi) is 7.00. The van der Waals surface area contributed by atoms with Crippen molar-refractivity contribution in [2.24, 2.45) is 0 Å². The van der Waals surface area contributed by atoms with Gasteiger partial charge in [-0.3, -0.25) is 10.1 Å². The van der Waals surface area contributed by atoms with Gasteiger partial charge >= 0.3 is 6.03 Å². The highest BCUT2D eigenvalue weighted by Gasteiger charge is 2.16. The van der Waals surface area contributed by atoms with E-state index >= 15 is 0 Å². The molecule has 3 N–H and O–H groups in total. The molecule has 0 aliphatic carbocycles. The number of rotatable bonds is 6. The molecule has 8 nitrogen and oxygen atoms in total. The summed E-state index contributed by atoms with van der Waals surface area (Å²) >= 11 is 0. The zero-order chi connectivity index (χ0) is 21.5. The first kappa shape index (κ1) is 21.3. The van der Waals surface area contributed by atoms with Crippen LogP contribution in [0.1, 0.15) is 35.1 Å². The van der Waals surface area contributed by atoms with Crippen LogP contribution in [-0.2, 0) is 6.42 Å². The number of aryl methyl sites for hydroxylation is 1. The first-order valence-electron chi connectivity index (χ1n) is 10.1. The minimum Gasteiger partial charge on any atom is -0.366 e. The summed E-state index contributed by atoms with van der Waals surface area (Å²) in [5.74, 6) is 0.373. The average molecular weight is 409 g/mol. The molecule has 0 fully saturated rings. The molecule has 1 aliphatic rings. The molecule has 3 heterocycles. The number of amides is 3. The van der Waals surface area contributed by atoms with E-state index in [0.717, 1.165) is 42.9 Å². The Labute approximate surface area is 176 Å². The first-order chi connectivity index (χ1) is 14.5. The van der Waals surface area contributed by atoms with Crippen molar-refractivity contribution in [1.29, 1.82) is 0 Å². The third-order valence-corrected chi connectivity index (χ3v) is 5.00. The number of carbonyl (C=O) groups is 2. The van der Waals surface area contributed by atoms with Gasteiger partial charge in [0.15, 0.2) is 0 Å². The van der Waals surface area contributed by atoms with Gasteiger partial charge in [-0.15, -0.1) is 0 Å². The molecule has 8 heteroatoms. The van der Waals surface area contributed by atoms with E-state index in [2.05, 4.69) is 36.9 Å². The standard InChI is InChI=1S/C22H28N6O2/c1-4-24-22(30)27-20-14-17(7-10-25-20)13-16-8-11-28(12-9-16)19-6-5-18(21(29)23-3)26-15(19)2/h5-8,10,14H,4,9,11-13H2,1-3H3,(H,23,29)(H2,24,25,27,30). The lowest BCUT2D eigenvalue weighted by Gasteiger charge is -2.29. The monoisotopic (exact) mass is 408 g/mol. The number of nitrogens with one attached hydrogen (secondary N) is 3. The molecular formula is C22H28N6O2. The Bertz CT molecular complexity index is 956. The minimum absolute atomic E-state index is 0.177. The number of hydrogen-bond acceptors (Lipinski definition) is 5. The molecule has 0 unspecified atom stereocenters. The van der Waals surface area contributed by atoms with Crippen molar-refractivity contribution in [3.05, 3.63) is 59.1 Å². The van der Waals surface area contributed by atoms with Crippen LogP contribution in [0.5, 0.6) is 0 Å². The summed E-state index contributed by atoms with van der Waals surface area (Å²) in [7, 11) is 1.60. The van der Waals surface area contributed by atoms with E-state index in [4.69, 9.17) is 0 Å². The molecule has 3 rings (SSSR count). The largest absolute Gasteiger partial charge is 0.366 e. The minimum atomic E-state index is -0.249. The lowest BCUT2D eigenvalue weighted by Crippen LogP contribution is -2.30. The predicted octanol–water partition coefficient (Wildman–Crippen LogP) is 2.67. The summed E-state index contributed by atoms with van der Waals surface area (Å²) in [6, 6.07) is 7.37. The van der Waals surface area contributed by atoms with Crippen molar-refractivity contribution in [2.75, 3.05) is 36.9 Å². The molecule has 158 valence electrons. The fourth-order valence-electron chi connectivity index (χ4n) is 3.47. The predicted molar refractivity (Wildman–Crippen MR) is 118 cm³/mol. The van der Waals surface area contributed by atoms with E-state index < -0.39 is 0 Å². The lowest BCUT2D eigenvalue weighted by atomic mass is 9.99. The third kappa shape index (κ3) is 5.34. The molecule has 0 saturated heterocycles. The molecule has 0 saturated carbocycles. The number of urea groups is 1. The topological polar surface area (TPSA) is 99.2 Å². The van der Waals surface area contributed by atoms with E-state index in [0.29, 0.717) is 18.1 Å². The van der Waals surface area contributed by atoms with E-state index in [1.54, 1.807) is 19.3 Å². The summed E-state index contributed by atoms with van der Waals surface area (Å²) in [5.41, 5.74) is 4.80. The summed E-state index contributed by atoms with van der Waals surface area (Å²) in [4.78, 5) is 34.3. The van der Waals surface area contributed by atoms with Crippen molar-refractivity contribution >= 4 is 23.4 Å². The summed E-state index contributed by atoms with van der Waals surface area (Å²) in [6.07, 6.45) is 5.73. The van der Waals surface area contributed by atoms with Crippen molar-refractivity contribution in [1.82, 2.24) is 20.6 Å². The second-order valence-corrected chi connectivity index (χ2v) is 7.15. The van der Waals surface area contributed by atoms with Gasteiger partial charge in [0.2, 0.25) is 0 Å². The van der Waals surface area contributed by atoms with E-state index in [-0.39, 0.29) is 11.9 Å². The van der Waals surface area contributed by atoms with Crippen LogP contribution in [0.2, 0.25) is 0 Å². The fraction of sp³-hybridized carbons (Fsp3) is 0.364. The highest BCUT2D eigenvalue weighted by atomic mass is 16.2. The van der Waals surface area contributed by atoms with Crippen LogP contribution in [0.25, 0.3) is 0 Å². The second kappa shape index (κ2) is 9.87. The molecule has 0 bridgehead atoms. The van der Waals surface area contributed by atoms with Crippen LogP contribution in [-0.4, -0.2) is 48.6 Å².